The fourth-order valence-electron chi connectivity index (χ4n) is 5.16. The van der Waals surface area contributed by atoms with E-state index in [4.69, 9.17) is 31.2 Å². The third-order valence-corrected chi connectivity index (χ3v) is 7.53. The quantitative estimate of drug-likeness (QED) is 0.249. The van der Waals surface area contributed by atoms with Crippen molar-refractivity contribution in [3.8, 4) is 0 Å². The summed E-state index contributed by atoms with van der Waals surface area (Å²) >= 11 is 0. The van der Waals surface area contributed by atoms with E-state index in [0.29, 0.717) is 36.7 Å². The summed E-state index contributed by atoms with van der Waals surface area (Å²) in [5.74, 6) is -3.56. The van der Waals surface area contributed by atoms with E-state index in [2.05, 4.69) is 17.1 Å². The van der Waals surface area contributed by atoms with Crippen LogP contribution in [0.5, 0.6) is 0 Å². The Labute approximate surface area is 247 Å². The number of nitrogens with zero attached hydrogens (tertiary/aromatic N) is 2. The van der Waals surface area contributed by atoms with Crippen molar-refractivity contribution in [1.29, 1.82) is 0 Å². The number of amides is 2. The number of hydrazone groups is 1. The van der Waals surface area contributed by atoms with E-state index in [1.165, 1.54) is 6.08 Å². The van der Waals surface area contributed by atoms with Gasteiger partial charge in [-0.05, 0) is 51.5 Å². The van der Waals surface area contributed by atoms with Crippen LogP contribution in [0.1, 0.15) is 52.4 Å². The molecule has 14 heteroatoms. The summed E-state index contributed by atoms with van der Waals surface area (Å²) < 4.78 is 10.7. The number of carbonyl (C=O) groups excluding carboxylic acids is 2. The molecule has 0 spiro atoms. The third-order valence-electron chi connectivity index (χ3n) is 7.53. The summed E-state index contributed by atoms with van der Waals surface area (Å²) in [6, 6.07) is 0. The molecule has 2 aliphatic carbocycles. The first-order chi connectivity index (χ1) is 18.3. The van der Waals surface area contributed by atoms with Crippen molar-refractivity contribution in [1.82, 2.24) is 10.3 Å². The first-order valence-electron chi connectivity index (χ1n) is 13.0. The topological polar surface area (TPSA) is 202 Å². The summed E-state index contributed by atoms with van der Waals surface area (Å²) in [4.78, 5) is 47.9. The van der Waals surface area contributed by atoms with Crippen LogP contribution in [0.2, 0.25) is 0 Å². The molecule has 0 bridgehead atoms. The van der Waals surface area contributed by atoms with E-state index in [1.54, 1.807) is 11.0 Å². The van der Waals surface area contributed by atoms with Gasteiger partial charge in [-0.1, -0.05) is 6.58 Å². The van der Waals surface area contributed by atoms with Gasteiger partial charge in [-0.3, -0.25) is 19.2 Å². The molecule has 2 atom stereocenters. The number of aliphatic carboxylic acids is 2. The number of nitrogens with one attached hydrogen (secondary N) is 3. The number of carbonyl (C=O) groups is 4. The van der Waals surface area contributed by atoms with Gasteiger partial charge in [0.05, 0.1) is 12.2 Å². The van der Waals surface area contributed by atoms with Crippen molar-refractivity contribution in [2.75, 3.05) is 19.6 Å². The molecule has 2 aliphatic heterocycles. The van der Waals surface area contributed by atoms with Gasteiger partial charge < -0.3 is 36.1 Å². The molecule has 224 valence electrons. The minimum atomic E-state index is -1.83. The van der Waals surface area contributed by atoms with Gasteiger partial charge in [-0.25, -0.2) is 5.43 Å². The van der Waals surface area contributed by atoms with Gasteiger partial charge in [0.25, 0.3) is 5.91 Å². The summed E-state index contributed by atoms with van der Waals surface area (Å²) in [6.45, 7) is 8.42. The van der Waals surface area contributed by atoms with Crippen molar-refractivity contribution in [2.45, 2.75) is 70.4 Å². The molecule has 4 aliphatic rings. The molecule has 0 aromatic heterocycles. The molecular formula is C26H37N5O8Pt. The third kappa shape index (κ3) is 7.85. The zero-order valence-corrected chi connectivity index (χ0v) is 24.9. The maximum atomic E-state index is 12.3. The molecule has 1 saturated heterocycles. The average molecular weight is 743 g/mol. The molecule has 40 heavy (non-hydrogen) atoms. The zero-order chi connectivity index (χ0) is 29.0. The van der Waals surface area contributed by atoms with Crippen molar-refractivity contribution in [2.24, 2.45) is 22.4 Å². The van der Waals surface area contributed by atoms with Gasteiger partial charge in [0.1, 0.15) is 0 Å². The van der Waals surface area contributed by atoms with E-state index in [0.717, 1.165) is 12.8 Å². The standard InChI is InChI=1S/C19H23N3O6.C7H14N2O2.Pt/c1-11-2-7-15(23)22(11)10-12-3-5-13(6-4-12)16(24)21-20-14-8-19(9-14,17(25)26)18(27)28;1-7(2)10-5(3-8)6(4-9)11-7;/h2,7,12-13H,1,3-6,8-10H2,(H,21,24)(H,25,26)(H,27,28);5-6,8-9H,3-4H2,1-2H3;/q;-2;+2/t;5-,6-;/m.1./s1. The predicted molar refractivity (Wildman–Crippen MR) is 140 cm³/mol. The number of hydrogen-bond donors (Lipinski definition) is 3. The molecule has 13 nitrogen and oxygen atoms in total. The Hall–Kier alpha value is -2.44. The number of carboxylic acids is 2. The average Bonchev–Trinajstić information content (AvgIpc) is 3.35. The van der Waals surface area contributed by atoms with Crippen LogP contribution in [-0.2, 0) is 49.7 Å². The summed E-state index contributed by atoms with van der Waals surface area (Å²) in [6.07, 6.45) is 5.34. The maximum Gasteiger partial charge on any atom is 2.00 e. The van der Waals surface area contributed by atoms with Crippen LogP contribution in [0, 0.1) is 17.3 Å². The second kappa shape index (κ2) is 14.0. The maximum absolute atomic E-state index is 12.3. The monoisotopic (exact) mass is 742 g/mol. The fourth-order valence-corrected chi connectivity index (χ4v) is 5.16. The molecule has 4 rings (SSSR count). The van der Waals surface area contributed by atoms with E-state index in [9.17, 15) is 19.2 Å². The Balaban J connectivity index is 0.000000394. The molecule has 0 unspecified atom stereocenters. The van der Waals surface area contributed by atoms with Gasteiger partial charge in [-0.15, -0.1) is 13.1 Å². The van der Waals surface area contributed by atoms with Gasteiger partial charge in [-0.2, -0.15) is 5.10 Å². The van der Waals surface area contributed by atoms with Crippen molar-refractivity contribution >= 4 is 29.5 Å². The van der Waals surface area contributed by atoms with Crippen LogP contribution in [-0.4, -0.2) is 82.2 Å². The van der Waals surface area contributed by atoms with Gasteiger partial charge >= 0.3 is 33.0 Å². The Morgan fingerprint density at radius 3 is 2.00 bits per heavy atom. The SMILES string of the molecule is C=C1C=CC(=O)N1CC1CCC(C(=O)NN=C2CC(C(=O)O)(C(=O)O)C2)CC1.CC1(C)O[C@H](C[NH-])[C@@H](C[NH-])O1.[Pt+2]. The molecular weight excluding hydrogens is 705 g/mol. The first kappa shape index (κ1) is 33.8. The van der Waals surface area contributed by atoms with Crippen LogP contribution in [0.4, 0.5) is 0 Å². The van der Waals surface area contributed by atoms with Gasteiger partial charge in [0, 0.05) is 42.8 Å². The van der Waals surface area contributed by atoms with Crippen LogP contribution in [0.25, 0.3) is 11.5 Å². The fraction of sp³-hybridized carbons (Fsp3) is 0.654. The smallest absolute Gasteiger partial charge is 0.675 e. The molecule has 0 aromatic carbocycles. The Morgan fingerprint density at radius 1 is 1.05 bits per heavy atom. The van der Waals surface area contributed by atoms with Gasteiger partial charge in [0.2, 0.25) is 5.91 Å². The van der Waals surface area contributed by atoms with E-state index in [-0.39, 0.29) is 76.9 Å². The van der Waals surface area contributed by atoms with E-state index >= 15 is 0 Å². The van der Waals surface area contributed by atoms with Crippen molar-refractivity contribution < 1.29 is 59.9 Å². The second-order valence-corrected chi connectivity index (χ2v) is 10.8. The molecule has 3 fully saturated rings. The van der Waals surface area contributed by atoms with Crippen LogP contribution in [0.3, 0.4) is 0 Å². The molecule has 2 amide bonds. The predicted octanol–water partition coefficient (Wildman–Crippen LogP) is 2.73. The Bertz CT molecular complexity index is 998. The number of allylic oxidation sites excluding steroid dienone is 1. The summed E-state index contributed by atoms with van der Waals surface area (Å²) in [5, 5.41) is 22.0. The molecule has 5 N–H and O–H groups in total. The largest absolute Gasteiger partial charge is 2.00 e. The number of hydrogen-bond acceptors (Lipinski definition) is 7. The van der Waals surface area contributed by atoms with E-state index in [1.807, 2.05) is 13.8 Å². The minimum absolute atomic E-state index is 0. The number of rotatable bonds is 8. The van der Waals surface area contributed by atoms with Crippen LogP contribution < -0.4 is 5.43 Å². The van der Waals surface area contributed by atoms with Crippen LogP contribution >= 0.6 is 0 Å². The molecule has 0 radical (unpaired) electrons. The van der Waals surface area contributed by atoms with Crippen molar-refractivity contribution in [3.05, 3.63) is 35.9 Å². The van der Waals surface area contributed by atoms with E-state index < -0.39 is 23.1 Å². The first-order valence-corrected chi connectivity index (χ1v) is 13.0. The minimum Gasteiger partial charge on any atom is -0.675 e. The van der Waals surface area contributed by atoms with Gasteiger partial charge in [0.15, 0.2) is 11.2 Å². The zero-order valence-electron chi connectivity index (χ0n) is 22.6. The Morgan fingerprint density at radius 2 is 1.57 bits per heavy atom. The number of ether oxygens (including phenoxy) is 2. The molecule has 0 aromatic rings. The second-order valence-electron chi connectivity index (χ2n) is 10.8. The number of carboxylic acid groups (broad SMARTS) is 2. The Kier molecular flexibility index (Phi) is 11.8. The normalized spacial score (nSPS) is 28.1. The summed E-state index contributed by atoms with van der Waals surface area (Å²) in [7, 11) is 0. The molecule has 2 heterocycles. The van der Waals surface area contributed by atoms with Crippen molar-refractivity contribution in [3.63, 3.8) is 0 Å². The summed E-state index contributed by atoms with van der Waals surface area (Å²) in [5.41, 5.74) is 15.9. The molecule has 2 saturated carbocycles. The van der Waals surface area contributed by atoms with Crippen LogP contribution in [0.15, 0.2) is 29.5 Å².